The average molecular weight is 298 g/mol. The van der Waals surface area contributed by atoms with Gasteiger partial charge < -0.3 is 9.26 Å². The Labute approximate surface area is 131 Å². The van der Waals surface area contributed by atoms with Crippen LogP contribution in [-0.2, 0) is 0 Å². The van der Waals surface area contributed by atoms with Gasteiger partial charge in [-0.1, -0.05) is 11.2 Å². The van der Waals surface area contributed by atoms with Crippen LogP contribution in [0.3, 0.4) is 0 Å². The van der Waals surface area contributed by atoms with Gasteiger partial charge in [0, 0.05) is 5.56 Å². The van der Waals surface area contributed by atoms with Crippen LogP contribution in [-0.4, -0.2) is 11.8 Å². The number of rotatable bonds is 6. The Kier molecular flexibility index (Phi) is 5.21. The molecule has 0 aliphatic heterocycles. The highest BCUT2D eigenvalue weighted by atomic mass is 16.5. The zero-order chi connectivity index (χ0) is 16.1. The quantitative estimate of drug-likeness (QED) is 0.743. The molecule has 2 rings (SSSR count). The maximum absolute atomic E-state index is 9.38. The van der Waals surface area contributed by atoms with Gasteiger partial charge in [-0.05, 0) is 63.8 Å². The first-order chi connectivity index (χ1) is 10.5. The maximum atomic E-state index is 9.38. The fraction of sp³-hybridized carbons (Fsp3) is 0.444. The molecule has 0 saturated heterocycles. The molecule has 0 amide bonds. The molecule has 22 heavy (non-hydrogen) atoms. The van der Waals surface area contributed by atoms with Crippen molar-refractivity contribution >= 4 is 0 Å². The van der Waals surface area contributed by atoms with Crippen LogP contribution in [0.5, 0.6) is 5.75 Å². The molecule has 1 unspecified atom stereocenters. The van der Waals surface area contributed by atoms with E-state index in [1.807, 2.05) is 26.0 Å². The number of ether oxygens (including phenoxy) is 1. The Hall–Kier alpha value is -2.28. The van der Waals surface area contributed by atoms with Gasteiger partial charge in [-0.15, -0.1) is 0 Å². The lowest BCUT2D eigenvalue weighted by Crippen LogP contribution is -2.03. The van der Waals surface area contributed by atoms with Crippen molar-refractivity contribution < 1.29 is 9.26 Å². The largest absolute Gasteiger partial charge is 0.494 e. The first-order valence-corrected chi connectivity index (χ1v) is 7.54. The lowest BCUT2D eigenvalue weighted by molar-refractivity contribution is 0.304. The number of benzene rings is 1. The van der Waals surface area contributed by atoms with Gasteiger partial charge in [-0.25, -0.2) is 0 Å². The number of hydrogen-bond acceptors (Lipinski definition) is 4. The highest BCUT2D eigenvalue weighted by Crippen LogP contribution is 2.27. The molecule has 0 spiro atoms. The van der Waals surface area contributed by atoms with E-state index in [2.05, 4.69) is 31.1 Å². The summed E-state index contributed by atoms with van der Waals surface area (Å²) in [4.78, 5) is 0. The Balaban J connectivity index is 1.89. The van der Waals surface area contributed by atoms with E-state index >= 15 is 0 Å². The van der Waals surface area contributed by atoms with Gasteiger partial charge in [0.2, 0.25) is 0 Å². The van der Waals surface area contributed by atoms with Crippen molar-refractivity contribution in [3.8, 4) is 11.8 Å². The Morgan fingerprint density at radius 3 is 2.41 bits per heavy atom. The minimum Gasteiger partial charge on any atom is -0.494 e. The SMILES string of the molecule is Cc1cc(C)cc(OCCCC(C#N)c2c(C)noc2C)c1. The molecule has 0 saturated carbocycles. The average Bonchev–Trinajstić information content (AvgIpc) is 2.78. The molecule has 1 heterocycles. The van der Waals surface area contributed by atoms with Gasteiger partial charge in [-0.2, -0.15) is 5.26 Å². The van der Waals surface area contributed by atoms with Crippen LogP contribution < -0.4 is 4.74 Å². The summed E-state index contributed by atoms with van der Waals surface area (Å²) in [6, 6.07) is 8.53. The predicted molar refractivity (Wildman–Crippen MR) is 85.0 cm³/mol. The van der Waals surface area contributed by atoms with Crippen LogP contribution in [0.4, 0.5) is 0 Å². The van der Waals surface area contributed by atoms with E-state index in [4.69, 9.17) is 9.26 Å². The molecule has 116 valence electrons. The smallest absolute Gasteiger partial charge is 0.138 e. The van der Waals surface area contributed by atoms with Crippen molar-refractivity contribution in [2.24, 2.45) is 0 Å². The molecule has 0 aliphatic rings. The molecule has 0 aliphatic carbocycles. The zero-order valence-corrected chi connectivity index (χ0v) is 13.6. The highest BCUT2D eigenvalue weighted by Gasteiger charge is 2.19. The van der Waals surface area contributed by atoms with E-state index in [1.54, 1.807) is 0 Å². The predicted octanol–water partition coefficient (Wildman–Crippen LogP) is 4.37. The lowest BCUT2D eigenvalue weighted by atomic mass is 9.94. The summed E-state index contributed by atoms with van der Waals surface area (Å²) >= 11 is 0. The second-order valence-electron chi connectivity index (χ2n) is 5.73. The van der Waals surface area contributed by atoms with Gasteiger partial charge >= 0.3 is 0 Å². The van der Waals surface area contributed by atoms with Gasteiger partial charge in [0.15, 0.2) is 0 Å². The molecule has 1 aromatic heterocycles. The number of aromatic nitrogens is 1. The van der Waals surface area contributed by atoms with E-state index in [0.29, 0.717) is 6.61 Å². The van der Waals surface area contributed by atoms with Gasteiger partial charge in [0.1, 0.15) is 11.5 Å². The van der Waals surface area contributed by atoms with Crippen molar-refractivity contribution in [3.63, 3.8) is 0 Å². The van der Waals surface area contributed by atoms with Crippen molar-refractivity contribution in [3.05, 3.63) is 46.3 Å². The summed E-state index contributed by atoms with van der Waals surface area (Å²) in [7, 11) is 0. The summed E-state index contributed by atoms with van der Waals surface area (Å²) in [6.45, 7) is 8.45. The number of nitrogens with zero attached hydrogens (tertiary/aromatic N) is 2. The summed E-state index contributed by atoms with van der Waals surface area (Å²) in [5.41, 5.74) is 4.12. The third-order valence-electron chi connectivity index (χ3n) is 3.69. The second-order valence-corrected chi connectivity index (χ2v) is 5.73. The summed E-state index contributed by atoms with van der Waals surface area (Å²) in [6.07, 6.45) is 1.56. The van der Waals surface area contributed by atoms with Crippen molar-refractivity contribution in [1.82, 2.24) is 5.16 Å². The van der Waals surface area contributed by atoms with Crippen LogP contribution in [0, 0.1) is 39.0 Å². The van der Waals surface area contributed by atoms with Crippen LogP contribution >= 0.6 is 0 Å². The number of aryl methyl sites for hydroxylation is 4. The highest BCUT2D eigenvalue weighted by molar-refractivity contribution is 5.33. The zero-order valence-electron chi connectivity index (χ0n) is 13.6. The normalized spacial score (nSPS) is 12.0. The van der Waals surface area contributed by atoms with Gasteiger partial charge in [0.05, 0.1) is 24.3 Å². The third-order valence-corrected chi connectivity index (χ3v) is 3.69. The van der Waals surface area contributed by atoms with Crippen molar-refractivity contribution in [2.75, 3.05) is 6.61 Å². The van der Waals surface area contributed by atoms with E-state index in [-0.39, 0.29) is 5.92 Å². The minimum absolute atomic E-state index is 0.186. The van der Waals surface area contributed by atoms with Crippen LogP contribution in [0.2, 0.25) is 0 Å². The number of nitriles is 1. The fourth-order valence-electron chi connectivity index (χ4n) is 2.75. The molecular formula is C18H22N2O2. The van der Waals surface area contributed by atoms with Crippen molar-refractivity contribution in [1.29, 1.82) is 5.26 Å². The first-order valence-electron chi connectivity index (χ1n) is 7.54. The van der Waals surface area contributed by atoms with Crippen LogP contribution in [0.15, 0.2) is 22.7 Å². The third kappa shape index (κ3) is 3.88. The summed E-state index contributed by atoms with van der Waals surface area (Å²) in [5.74, 6) is 1.44. The molecule has 1 atom stereocenters. The number of hydrogen-bond donors (Lipinski definition) is 0. The molecule has 1 aromatic carbocycles. The molecule has 0 radical (unpaired) electrons. The van der Waals surface area contributed by atoms with E-state index in [1.165, 1.54) is 11.1 Å². The van der Waals surface area contributed by atoms with E-state index in [0.717, 1.165) is 35.6 Å². The Morgan fingerprint density at radius 1 is 1.18 bits per heavy atom. The van der Waals surface area contributed by atoms with Crippen LogP contribution in [0.1, 0.15) is 46.9 Å². The summed E-state index contributed by atoms with van der Waals surface area (Å²) in [5, 5.41) is 13.3. The second kappa shape index (κ2) is 7.13. The maximum Gasteiger partial charge on any atom is 0.138 e. The first kappa shape index (κ1) is 16.1. The summed E-state index contributed by atoms with van der Waals surface area (Å²) < 4.78 is 10.9. The van der Waals surface area contributed by atoms with Crippen molar-refractivity contribution in [2.45, 2.75) is 46.5 Å². The van der Waals surface area contributed by atoms with Gasteiger partial charge in [0.25, 0.3) is 0 Å². The molecule has 2 aromatic rings. The van der Waals surface area contributed by atoms with Crippen LogP contribution in [0.25, 0.3) is 0 Å². The standard InChI is InChI=1S/C18H22N2O2/c1-12-8-13(2)10-17(9-12)21-7-5-6-16(11-19)18-14(3)20-22-15(18)4/h8-10,16H,5-7H2,1-4H3. The molecule has 4 nitrogen and oxygen atoms in total. The van der Waals surface area contributed by atoms with Gasteiger partial charge in [-0.3, -0.25) is 0 Å². The van der Waals surface area contributed by atoms with E-state index in [9.17, 15) is 5.26 Å². The molecular weight excluding hydrogens is 276 g/mol. The molecule has 0 N–H and O–H groups in total. The minimum atomic E-state index is -0.186. The Bertz CT molecular complexity index is 643. The topological polar surface area (TPSA) is 59.0 Å². The fourth-order valence-corrected chi connectivity index (χ4v) is 2.75. The van der Waals surface area contributed by atoms with E-state index < -0.39 is 0 Å². The molecule has 0 bridgehead atoms. The Morgan fingerprint density at radius 2 is 1.86 bits per heavy atom. The monoisotopic (exact) mass is 298 g/mol. The molecule has 0 fully saturated rings. The lowest BCUT2D eigenvalue weighted by Gasteiger charge is -2.11. The molecule has 4 heteroatoms.